The van der Waals surface area contributed by atoms with Crippen molar-refractivity contribution in [2.45, 2.75) is 51.0 Å². The number of hydrogen-bond donors (Lipinski definition) is 1. The number of pyridine rings is 1. The first-order valence-electron chi connectivity index (χ1n) is 8.13. The number of aromatic nitrogens is 1. The smallest absolute Gasteiger partial charge is 0.151 e. The van der Waals surface area contributed by atoms with E-state index in [-0.39, 0.29) is 0 Å². The summed E-state index contributed by atoms with van der Waals surface area (Å²) < 4.78 is 0. The van der Waals surface area contributed by atoms with Gasteiger partial charge in [-0.1, -0.05) is 25.7 Å². The zero-order valence-corrected chi connectivity index (χ0v) is 12.8. The molecule has 2 aliphatic carbocycles. The Bertz CT molecular complexity index is 444. The fourth-order valence-electron chi connectivity index (χ4n) is 4.09. The first kappa shape index (κ1) is 13.7. The third-order valence-corrected chi connectivity index (χ3v) is 5.11. The molecule has 3 atom stereocenters. The van der Waals surface area contributed by atoms with Gasteiger partial charge in [0.1, 0.15) is 0 Å². The highest BCUT2D eigenvalue weighted by molar-refractivity contribution is 5.65. The van der Waals surface area contributed by atoms with E-state index in [2.05, 4.69) is 35.4 Å². The molecule has 3 rings (SSSR count). The van der Waals surface area contributed by atoms with Crippen molar-refractivity contribution >= 4 is 11.5 Å². The van der Waals surface area contributed by atoms with Crippen LogP contribution >= 0.6 is 0 Å². The molecule has 2 aliphatic rings. The van der Waals surface area contributed by atoms with Crippen LogP contribution in [0.15, 0.2) is 18.3 Å². The average Bonchev–Trinajstić information content (AvgIpc) is 2.47. The molecular formula is C17H27N3. The molecule has 0 amide bonds. The van der Waals surface area contributed by atoms with Crippen LogP contribution in [0.3, 0.4) is 0 Å². The Kier molecular flexibility index (Phi) is 4.13. The van der Waals surface area contributed by atoms with Crippen molar-refractivity contribution in [3.63, 3.8) is 0 Å². The van der Waals surface area contributed by atoms with Crippen molar-refractivity contribution in [1.29, 1.82) is 0 Å². The van der Waals surface area contributed by atoms with Crippen LogP contribution in [0.5, 0.6) is 0 Å². The average molecular weight is 273 g/mol. The fourth-order valence-corrected chi connectivity index (χ4v) is 4.09. The van der Waals surface area contributed by atoms with Crippen molar-refractivity contribution < 1.29 is 0 Å². The lowest BCUT2D eigenvalue weighted by Gasteiger charge is -2.40. The summed E-state index contributed by atoms with van der Waals surface area (Å²) in [5, 5.41) is 3.76. The summed E-state index contributed by atoms with van der Waals surface area (Å²) in [6, 6.07) is 4.83. The fraction of sp³-hybridized carbons (Fsp3) is 0.706. The van der Waals surface area contributed by atoms with Gasteiger partial charge in [0.2, 0.25) is 0 Å². The highest BCUT2D eigenvalue weighted by Crippen LogP contribution is 2.41. The summed E-state index contributed by atoms with van der Waals surface area (Å²) in [6.07, 6.45) is 11.8. The molecule has 20 heavy (non-hydrogen) atoms. The number of rotatable bonds is 3. The highest BCUT2D eigenvalue weighted by atomic mass is 15.2. The molecule has 3 nitrogen and oxygen atoms in total. The molecule has 0 saturated heterocycles. The van der Waals surface area contributed by atoms with Crippen molar-refractivity contribution in [2.24, 2.45) is 11.8 Å². The lowest BCUT2D eigenvalue weighted by Crippen LogP contribution is -2.34. The van der Waals surface area contributed by atoms with Gasteiger partial charge in [-0.2, -0.15) is 0 Å². The Morgan fingerprint density at radius 1 is 1.10 bits per heavy atom. The monoisotopic (exact) mass is 273 g/mol. The maximum atomic E-state index is 4.49. The molecule has 1 heterocycles. The molecule has 0 aliphatic heterocycles. The molecule has 1 aromatic heterocycles. The third-order valence-electron chi connectivity index (χ3n) is 5.11. The maximum absolute atomic E-state index is 4.49. The van der Waals surface area contributed by atoms with E-state index < -0.39 is 0 Å². The summed E-state index contributed by atoms with van der Waals surface area (Å²) in [5.41, 5.74) is 1.19. The Morgan fingerprint density at radius 2 is 1.90 bits per heavy atom. The van der Waals surface area contributed by atoms with Crippen molar-refractivity contribution in [3.05, 3.63) is 18.3 Å². The van der Waals surface area contributed by atoms with Crippen LogP contribution in [0.4, 0.5) is 11.5 Å². The number of nitrogens with one attached hydrogen (secondary N) is 1. The molecule has 0 aromatic carbocycles. The molecule has 3 unspecified atom stereocenters. The van der Waals surface area contributed by atoms with Gasteiger partial charge in [0.05, 0.1) is 5.69 Å². The van der Waals surface area contributed by atoms with Crippen LogP contribution < -0.4 is 10.2 Å². The molecule has 2 fully saturated rings. The van der Waals surface area contributed by atoms with Gasteiger partial charge in [0.25, 0.3) is 0 Å². The van der Waals surface area contributed by atoms with E-state index in [0.717, 1.165) is 17.7 Å². The predicted molar refractivity (Wildman–Crippen MR) is 85.3 cm³/mol. The molecule has 3 heteroatoms. The third kappa shape index (κ3) is 2.92. The summed E-state index contributed by atoms with van der Waals surface area (Å²) in [4.78, 5) is 6.58. The molecule has 1 N–H and O–H groups in total. The summed E-state index contributed by atoms with van der Waals surface area (Å²) in [6.45, 7) is 0. The Hall–Kier alpha value is -1.25. The van der Waals surface area contributed by atoms with E-state index in [1.807, 2.05) is 12.3 Å². The number of anilines is 2. The summed E-state index contributed by atoms with van der Waals surface area (Å²) in [7, 11) is 4.12. The molecule has 1 aromatic rings. The predicted octanol–water partition coefficient (Wildman–Crippen LogP) is 3.92. The van der Waals surface area contributed by atoms with E-state index in [9.17, 15) is 0 Å². The normalized spacial score (nSPS) is 29.6. The van der Waals surface area contributed by atoms with Gasteiger partial charge >= 0.3 is 0 Å². The van der Waals surface area contributed by atoms with Gasteiger partial charge in [-0.05, 0) is 43.2 Å². The molecule has 0 radical (unpaired) electrons. The topological polar surface area (TPSA) is 28.2 Å². The number of nitrogens with zero attached hydrogens (tertiary/aromatic N) is 2. The first-order valence-corrected chi connectivity index (χ1v) is 8.13. The maximum Gasteiger partial charge on any atom is 0.151 e. The van der Waals surface area contributed by atoms with Crippen LogP contribution in [-0.2, 0) is 0 Å². The van der Waals surface area contributed by atoms with Gasteiger partial charge in [-0.15, -0.1) is 0 Å². The van der Waals surface area contributed by atoms with Crippen molar-refractivity contribution in [2.75, 3.05) is 24.3 Å². The van der Waals surface area contributed by atoms with E-state index in [4.69, 9.17) is 0 Å². The van der Waals surface area contributed by atoms with Crippen molar-refractivity contribution in [1.82, 2.24) is 4.98 Å². The Labute approximate surface area is 122 Å². The quantitative estimate of drug-likeness (QED) is 0.904. The molecule has 0 spiro atoms. The van der Waals surface area contributed by atoms with E-state index in [1.54, 1.807) is 0 Å². The minimum atomic E-state index is 0.636. The minimum Gasteiger partial charge on any atom is -0.379 e. The summed E-state index contributed by atoms with van der Waals surface area (Å²) in [5.74, 6) is 3.04. The molecule has 2 saturated carbocycles. The second-order valence-corrected chi connectivity index (χ2v) is 6.73. The summed E-state index contributed by atoms with van der Waals surface area (Å²) >= 11 is 0. The first-order chi connectivity index (χ1) is 9.74. The Morgan fingerprint density at radius 3 is 2.70 bits per heavy atom. The van der Waals surface area contributed by atoms with Gasteiger partial charge < -0.3 is 10.2 Å². The van der Waals surface area contributed by atoms with Gasteiger partial charge in [0.15, 0.2) is 5.82 Å². The van der Waals surface area contributed by atoms with E-state index in [1.165, 1.54) is 50.6 Å². The lowest BCUT2D eigenvalue weighted by atomic mass is 9.69. The van der Waals surface area contributed by atoms with Gasteiger partial charge in [-0.25, -0.2) is 4.98 Å². The number of hydrogen-bond acceptors (Lipinski definition) is 3. The second kappa shape index (κ2) is 6.02. The standard InChI is InChI=1S/C17H27N3/c1-20(2)17-16(8-5-11-18-17)19-15-10-9-13-6-3-4-7-14(13)12-15/h5,8,11,13-15,19H,3-4,6-7,9-10,12H2,1-2H3. The minimum absolute atomic E-state index is 0.636. The van der Waals surface area contributed by atoms with Gasteiger partial charge in [-0.3, -0.25) is 0 Å². The van der Waals surface area contributed by atoms with Crippen LogP contribution in [-0.4, -0.2) is 25.1 Å². The highest BCUT2D eigenvalue weighted by Gasteiger charge is 2.32. The number of fused-ring (bicyclic) bond motifs is 1. The Balaban J connectivity index is 1.66. The zero-order chi connectivity index (χ0) is 13.9. The largest absolute Gasteiger partial charge is 0.379 e. The van der Waals surface area contributed by atoms with Crippen LogP contribution in [0.25, 0.3) is 0 Å². The van der Waals surface area contributed by atoms with E-state index >= 15 is 0 Å². The lowest BCUT2D eigenvalue weighted by molar-refractivity contribution is 0.162. The van der Waals surface area contributed by atoms with Gasteiger partial charge in [0, 0.05) is 26.3 Å². The van der Waals surface area contributed by atoms with Crippen LogP contribution in [0, 0.1) is 11.8 Å². The zero-order valence-electron chi connectivity index (χ0n) is 12.8. The SMILES string of the molecule is CN(C)c1ncccc1NC1CCC2CCCCC2C1. The van der Waals surface area contributed by atoms with Crippen LogP contribution in [0.2, 0.25) is 0 Å². The van der Waals surface area contributed by atoms with Crippen molar-refractivity contribution in [3.8, 4) is 0 Å². The van der Waals surface area contributed by atoms with E-state index in [0.29, 0.717) is 6.04 Å². The molecule has 110 valence electrons. The second-order valence-electron chi connectivity index (χ2n) is 6.73. The molecule has 0 bridgehead atoms. The molecular weight excluding hydrogens is 246 g/mol. The van der Waals surface area contributed by atoms with Crippen LogP contribution in [0.1, 0.15) is 44.9 Å².